The van der Waals surface area contributed by atoms with Gasteiger partial charge in [-0.3, -0.25) is 4.79 Å². The minimum Gasteiger partial charge on any atom is -0.372 e. The number of piperidine rings is 2. The normalized spacial score (nSPS) is 20.8. The van der Waals surface area contributed by atoms with Gasteiger partial charge in [-0.2, -0.15) is 4.31 Å². The van der Waals surface area contributed by atoms with Crippen LogP contribution < -0.4 is 10.2 Å². The Hall–Kier alpha value is -1.90. The van der Waals surface area contributed by atoms with Crippen LogP contribution in [0.1, 0.15) is 37.0 Å². The molecule has 0 aliphatic carbocycles. The van der Waals surface area contributed by atoms with E-state index >= 15 is 0 Å². The molecular formula is C22H29N3O3S2. The number of sulfonamides is 1. The van der Waals surface area contributed by atoms with Crippen LogP contribution >= 0.6 is 11.3 Å². The molecule has 0 radical (unpaired) electrons. The highest BCUT2D eigenvalue weighted by Gasteiger charge is 2.34. The molecule has 4 rings (SSSR count). The van der Waals surface area contributed by atoms with Crippen molar-refractivity contribution in [1.82, 2.24) is 4.31 Å². The molecule has 1 aromatic carbocycles. The number of benzene rings is 1. The zero-order chi connectivity index (χ0) is 21.1. The maximum atomic E-state index is 12.9. The third-order valence-electron chi connectivity index (χ3n) is 5.92. The zero-order valence-corrected chi connectivity index (χ0v) is 19.0. The maximum Gasteiger partial charge on any atom is 0.252 e. The lowest BCUT2D eigenvalue weighted by Gasteiger charge is -2.31. The predicted molar refractivity (Wildman–Crippen MR) is 122 cm³/mol. The van der Waals surface area contributed by atoms with Gasteiger partial charge in [-0.05, 0) is 75.4 Å². The summed E-state index contributed by atoms with van der Waals surface area (Å²) >= 11 is 1.28. The largest absolute Gasteiger partial charge is 0.372 e. The summed E-state index contributed by atoms with van der Waals surface area (Å²) in [7, 11) is -3.53. The summed E-state index contributed by atoms with van der Waals surface area (Å²) in [6.07, 6.45) is 5.14. The van der Waals surface area contributed by atoms with Crippen molar-refractivity contribution in [2.24, 2.45) is 5.92 Å². The highest BCUT2D eigenvalue weighted by Crippen LogP contribution is 2.29. The van der Waals surface area contributed by atoms with Crippen molar-refractivity contribution < 1.29 is 13.2 Å². The van der Waals surface area contributed by atoms with Crippen molar-refractivity contribution in [2.75, 3.05) is 36.4 Å². The average Bonchev–Trinajstić information content (AvgIpc) is 3.22. The number of rotatable bonds is 5. The molecule has 2 aliphatic rings. The highest BCUT2D eigenvalue weighted by atomic mass is 32.2. The van der Waals surface area contributed by atoms with E-state index in [4.69, 9.17) is 0 Å². The van der Waals surface area contributed by atoms with Gasteiger partial charge in [-0.25, -0.2) is 8.42 Å². The highest BCUT2D eigenvalue weighted by molar-refractivity contribution is 7.91. The molecule has 1 N–H and O–H groups in total. The summed E-state index contributed by atoms with van der Waals surface area (Å²) in [5.41, 5.74) is 1.95. The fourth-order valence-corrected chi connectivity index (χ4v) is 7.17. The number of hydrogen-bond donors (Lipinski definition) is 1. The fraction of sp³-hybridized carbons (Fsp3) is 0.500. The van der Waals surface area contributed by atoms with Crippen molar-refractivity contribution in [3.05, 3.63) is 41.3 Å². The Bertz CT molecular complexity index is 979. The Balaban J connectivity index is 1.38. The van der Waals surface area contributed by atoms with Crippen LogP contribution in [0.4, 0.5) is 11.4 Å². The van der Waals surface area contributed by atoms with E-state index in [-0.39, 0.29) is 18.4 Å². The van der Waals surface area contributed by atoms with Gasteiger partial charge in [-0.15, -0.1) is 11.3 Å². The molecule has 3 heterocycles. The van der Waals surface area contributed by atoms with Gasteiger partial charge in [0, 0.05) is 42.4 Å². The van der Waals surface area contributed by atoms with Gasteiger partial charge in [0.15, 0.2) is 0 Å². The van der Waals surface area contributed by atoms with Gasteiger partial charge in [0.05, 0.1) is 5.92 Å². The molecule has 2 saturated heterocycles. The summed E-state index contributed by atoms with van der Waals surface area (Å²) in [6, 6.07) is 11.5. The van der Waals surface area contributed by atoms with E-state index in [0.717, 1.165) is 23.7 Å². The molecule has 2 fully saturated rings. The van der Waals surface area contributed by atoms with Crippen LogP contribution in [-0.4, -0.2) is 44.8 Å². The summed E-state index contributed by atoms with van der Waals surface area (Å²) in [5.74, 6) is -0.445. The van der Waals surface area contributed by atoms with E-state index in [0.29, 0.717) is 23.6 Å². The van der Waals surface area contributed by atoms with Crippen LogP contribution in [0, 0.1) is 12.8 Å². The number of aryl methyl sites for hydroxylation is 1. The van der Waals surface area contributed by atoms with Crippen molar-refractivity contribution in [3.63, 3.8) is 0 Å². The van der Waals surface area contributed by atoms with Crippen LogP contribution in [0.5, 0.6) is 0 Å². The van der Waals surface area contributed by atoms with Gasteiger partial charge >= 0.3 is 0 Å². The van der Waals surface area contributed by atoms with Crippen LogP contribution in [0.15, 0.2) is 40.6 Å². The molecule has 8 heteroatoms. The van der Waals surface area contributed by atoms with Crippen LogP contribution in [0.2, 0.25) is 0 Å². The number of nitrogens with zero attached hydrogens (tertiary/aromatic N) is 2. The van der Waals surface area contributed by atoms with E-state index in [9.17, 15) is 13.2 Å². The summed E-state index contributed by atoms with van der Waals surface area (Å²) in [6.45, 7) is 4.76. The first-order chi connectivity index (χ1) is 14.4. The lowest BCUT2D eigenvalue weighted by molar-refractivity contribution is -0.120. The van der Waals surface area contributed by atoms with Crippen molar-refractivity contribution >= 4 is 38.6 Å². The van der Waals surface area contributed by atoms with Gasteiger partial charge < -0.3 is 10.2 Å². The first-order valence-electron chi connectivity index (χ1n) is 10.7. The monoisotopic (exact) mass is 447 g/mol. The second kappa shape index (κ2) is 9.08. The molecule has 1 amide bonds. The first-order valence-corrected chi connectivity index (χ1v) is 12.9. The van der Waals surface area contributed by atoms with Gasteiger partial charge in [0.25, 0.3) is 10.0 Å². The first kappa shape index (κ1) is 21.3. The molecule has 0 unspecified atom stereocenters. The number of thiophene rings is 1. The molecule has 1 atom stereocenters. The summed E-state index contributed by atoms with van der Waals surface area (Å²) < 4.78 is 27.6. The lowest BCUT2D eigenvalue weighted by atomic mass is 9.98. The second-order valence-corrected chi connectivity index (χ2v) is 11.6. The fourth-order valence-electron chi connectivity index (χ4n) is 4.20. The third kappa shape index (κ3) is 4.71. The second-order valence-electron chi connectivity index (χ2n) is 8.15. The third-order valence-corrected chi connectivity index (χ3v) is 9.25. The van der Waals surface area contributed by atoms with E-state index in [2.05, 4.69) is 22.3 Å². The summed E-state index contributed by atoms with van der Waals surface area (Å²) in [4.78, 5) is 16.2. The molecule has 30 heavy (non-hydrogen) atoms. The molecule has 0 bridgehead atoms. The number of amides is 1. The Morgan fingerprint density at radius 2 is 1.73 bits per heavy atom. The van der Waals surface area contributed by atoms with E-state index < -0.39 is 10.0 Å². The van der Waals surface area contributed by atoms with Gasteiger partial charge in [-0.1, -0.05) is 0 Å². The lowest BCUT2D eigenvalue weighted by Crippen LogP contribution is -2.43. The quantitative estimate of drug-likeness (QED) is 0.750. The number of nitrogens with one attached hydrogen (secondary N) is 1. The minimum absolute atomic E-state index is 0.108. The SMILES string of the molecule is Cc1ccc(S(=O)(=O)N2CCC[C@@H](C(=O)Nc3ccc(N4CCCCC4)cc3)C2)s1. The van der Waals surface area contributed by atoms with E-state index in [1.807, 2.05) is 25.1 Å². The topological polar surface area (TPSA) is 69.7 Å². The molecular weight excluding hydrogens is 418 g/mol. The van der Waals surface area contributed by atoms with Gasteiger partial charge in [0.2, 0.25) is 5.91 Å². The Morgan fingerprint density at radius 3 is 2.40 bits per heavy atom. The Morgan fingerprint density at radius 1 is 1.00 bits per heavy atom. The summed E-state index contributed by atoms with van der Waals surface area (Å²) in [5, 5.41) is 2.98. The standard InChI is InChI=1S/C22H29N3O3S2/c1-17-7-12-21(29-17)30(27,28)25-15-5-6-18(16-25)22(26)23-19-8-10-20(11-9-19)24-13-3-2-4-14-24/h7-12,18H,2-6,13-16H2,1H3,(H,23,26)/t18-/m1/s1. The number of carbonyl (C=O) groups excluding carboxylic acids is 1. The molecule has 2 aromatic rings. The minimum atomic E-state index is -3.53. The van der Waals surface area contributed by atoms with Crippen molar-refractivity contribution in [3.8, 4) is 0 Å². The Labute approximate surface area is 182 Å². The number of anilines is 2. The smallest absolute Gasteiger partial charge is 0.252 e. The average molecular weight is 448 g/mol. The van der Waals surface area contributed by atoms with Crippen LogP contribution in [0.25, 0.3) is 0 Å². The maximum absolute atomic E-state index is 12.9. The van der Waals surface area contributed by atoms with E-state index in [1.54, 1.807) is 6.07 Å². The predicted octanol–water partition coefficient (Wildman–Crippen LogP) is 4.09. The molecule has 6 nitrogen and oxygen atoms in total. The Kier molecular flexibility index (Phi) is 6.46. The van der Waals surface area contributed by atoms with Gasteiger partial charge in [0.1, 0.15) is 4.21 Å². The molecule has 1 aromatic heterocycles. The number of carbonyl (C=O) groups is 1. The molecule has 162 valence electrons. The molecule has 2 aliphatic heterocycles. The molecule has 0 saturated carbocycles. The van der Waals surface area contributed by atoms with Crippen molar-refractivity contribution in [1.29, 1.82) is 0 Å². The van der Waals surface area contributed by atoms with Crippen LogP contribution in [0.3, 0.4) is 0 Å². The van der Waals surface area contributed by atoms with Crippen LogP contribution in [-0.2, 0) is 14.8 Å². The molecule has 0 spiro atoms. The number of hydrogen-bond acceptors (Lipinski definition) is 5. The zero-order valence-electron chi connectivity index (χ0n) is 17.3. The van der Waals surface area contributed by atoms with Crippen molar-refractivity contribution in [2.45, 2.75) is 43.2 Å². The van der Waals surface area contributed by atoms with E-state index in [1.165, 1.54) is 40.6 Å².